The predicted octanol–water partition coefficient (Wildman–Crippen LogP) is 4.06. The lowest BCUT2D eigenvalue weighted by molar-refractivity contribution is -0.121. The van der Waals surface area contributed by atoms with E-state index in [1.807, 2.05) is 18.2 Å². The van der Waals surface area contributed by atoms with Gasteiger partial charge in [0.2, 0.25) is 0 Å². The summed E-state index contributed by atoms with van der Waals surface area (Å²) in [6, 6.07) is 17.1. The smallest absolute Gasteiger partial charge is 0.254 e. The normalized spacial score (nSPS) is 11.2. The number of ketones is 1. The molecule has 2 aromatic carbocycles. The van der Waals surface area contributed by atoms with E-state index in [9.17, 15) is 9.59 Å². The monoisotopic (exact) mass is 341 g/mol. The maximum Gasteiger partial charge on any atom is 0.254 e. The Hall–Kier alpha value is -2.39. The van der Waals surface area contributed by atoms with Crippen LogP contribution in [0.3, 0.4) is 0 Å². The van der Waals surface area contributed by atoms with E-state index in [0.29, 0.717) is 11.6 Å². The number of rotatable bonds is 7. The molecule has 2 aromatic rings. The Kier molecular flexibility index (Phi) is 6.76. The van der Waals surface area contributed by atoms with Gasteiger partial charge >= 0.3 is 0 Å². The molecule has 1 amide bonds. The van der Waals surface area contributed by atoms with Crippen LogP contribution in [0.15, 0.2) is 60.2 Å². The summed E-state index contributed by atoms with van der Waals surface area (Å²) < 4.78 is 0. The molecule has 4 heteroatoms. The Labute approximate surface area is 147 Å². The summed E-state index contributed by atoms with van der Waals surface area (Å²) in [4.78, 5) is 24.0. The average Bonchev–Trinajstić information content (AvgIpc) is 2.57. The number of benzene rings is 2. The predicted molar refractivity (Wildman–Crippen MR) is 97.9 cm³/mol. The van der Waals surface area contributed by atoms with Crippen LogP contribution in [0.4, 0.5) is 0 Å². The van der Waals surface area contributed by atoms with E-state index >= 15 is 0 Å². The molecule has 0 atom stereocenters. The van der Waals surface area contributed by atoms with Crippen molar-refractivity contribution >= 4 is 29.4 Å². The zero-order valence-corrected chi connectivity index (χ0v) is 14.3. The van der Waals surface area contributed by atoms with Gasteiger partial charge in [0.05, 0.1) is 5.57 Å². The van der Waals surface area contributed by atoms with Gasteiger partial charge in [0.1, 0.15) is 0 Å². The van der Waals surface area contributed by atoms with Crippen LogP contribution in [0.2, 0.25) is 5.02 Å². The fourth-order valence-corrected chi connectivity index (χ4v) is 2.52. The van der Waals surface area contributed by atoms with Crippen LogP contribution < -0.4 is 5.32 Å². The molecule has 0 bridgehead atoms. The number of aryl methyl sites for hydroxylation is 1. The van der Waals surface area contributed by atoms with E-state index in [4.69, 9.17) is 11.6 Å². The molecule has 0 saturated carbocycles. The molecular weight excluding hydrogens is 322 g/mol. The van der Waals surface area contributed by atoms with Gasteiger partial charge in [-0.1, -0.05) is 54.1 Å². The van der Waals surface area contributed by atoms with Gasteiger partial charge in [-0.25, -0.2) is 0 Å². The molecule has 0 aliphatic heterocycles. The van der Waals surface area contributed by atoms with Crippen LogP contribution in [-0.4, -0.2) is 18.2 Å². The van der Waals surface area contributed by atoms with Gasteiger partial charge in [-0.3, -0.25) is 9.59 Å². The number of Topliss-reactive ketones (excluding diaryl/α,β-unsaturated/α-hetero) is 1. The zero-order chi connectivity index (χ0) is 17.4. The summed E-state index contributed by atoms with van der Waals surface area (Å²) in [5.74, 6) is -0.619. The lowest BCUT2D eigenvalue weighted by Gasteiger charge is -2.07. The van der Waals surface area contributed by atoms with Crippen LogP contribution in [-0.2, 0) is 16.0 Å². The lowest BCUT2D eigenvalue weighted by Crippen LogP contribution is -2.28. The molecule has 0 aliphatic carbocycles. The van der Waals surface area contributed by atoms with Crippen molar-refractivity contribution < 1.29 is 9.59 Å². The van der Waals surface area contributed by atoms with Gasteiger partial charge in [0.15, 0.2) is 5.78 Å². The number of halogens is 1. The second kappa shape index (κ2) is 9.04. The molecule has 0 unspecified atom stereocenters. The molecule has 3 nitrogen and oxygen atoms in total. The summed E-state index contributed by atoms with van der Waals surface area (Å²) in [6.07, 6.45) is 3.27. The minimum Gasteiger partial charge on any atom is -0.352 e. The van der Waals surface area contributed by atoms with Crippen molar-refractivity contribution in [3.05, 3.63) is 76.3 Å². The molecule has 1 N–H and O–H groups in total. The molecule has 0 aliphatic rings. The van der Waals surface area contributed by atoms with Gasteiger partial charge in [-0.05, 0) is 49.1 Å². The Bertz CT molecular complexity index is 738. The third-order valence-electron chi connectivity index (χ3n) is 3.55. The van der Waals surface area contributed by atoms with Crippen molar-refractivity contribution in [3.8, 4) is 0 Å². The summed E-state index contributed by atoms with van der Waals surface area (Å²) in [6.45, 7) is 1.91. The topological polar surface area (TPSA) is 46.2 Å². The van der Waals surface area contributed by atoms with Crippen LogP contribution >= 0.6 is 11.6 Å². The molecule has 24 heavy (non-hydrogen) atoms. The van der Waals surface area contributed by atoms with Crippen molar-refractivity contribution in [1.82, 2.24) is 5.32 Å². The number of carbonyl (C=O) groups excluding carboxylic acids is 2. The molecule has 124 valence electrons. The first kappa shape index (κ1) is 18.0. The Morgan fingerprint density at radius 2 is 1.83 bits per heavy atom. The highest BCUT2D eigenvalue weighted by Gasteiger charge is 2.13. The molecule has 0 saturated heterocycles. The fraction of sp³-hybridized carbons (Fsp3) is 0.200. The van der Waals surface area contributed by atoms with Crippen LogP contribution in [0.5, 0.6) is 0 Å². The van der Waals surface area contributed by atoms with Crippen molar-refractivity contribution in [2.75, 3.05) is 6.54 Å². The van der Waals surface area contributed by atoms with E-state index in [1.54, 1.807) is 30.3 Å². The van der Waals surface area contributed by atoms with Crippen molar-refractivity contribution in [3.63, 3.8) is 0 Å². The summed E-state index contributed by atoms with van der Waals surface area (Å²) in [5, 5.41) is 3.37. The minimum absolute atomic E-state index is 0.136. The molecular formula is C20H20ClNO2. The van der Waals surface area contributed by atoms with Crippen LogP contribution in [0, 0.1) is 0 Å². The van der Waals surface area contributed by atoms with E-state index < -0.39 is 0 Å². The Morgan fingerprint density at radius 3 is 2.50 bits per heavy atom. The second-order valence-electron chi connectivity index (χ2n) is 5.51. The zero-order valence-electron chi connectivity index (χ0n) is 13.6. The first-order valence-electron chi connectivity index (χ1n) is 7.86. The summed E-state index contributed by atoms with van der Waals surface area (Å²) >= 11 is 5.93. The van der Waals surface area contributed by atoms with E-state index in [-0.39, 0.29) is 17.3 Å². The van der Waals surface area contributed by atoms with E-state index in [2.05, 4.69) is 17.4 Å². The van der Waals surface area contributed by atoms with Gasteiger partial charge in [0.25, 0.3) is 5.91 Å². The third-order valence-corrected chi connectivity index (χ3v) is 3.79. The molecule has 0 radical (unpaired) electrons. The first-order chi connectivity index (χ1) is 11.6. The van der Waals surface area contributed by atoms with Gasteiger partial charge in [-0.15, -0.1) is 0 Å². The third kappa shape index (κ3) is 5.67. The molecule has 0 aromatic heterocycles. The highest BCUT2D eigenvalue weighted by Crippen LogP contribution is 2.14. The molecule has 0 spiro atoms. The van der Waals surface area contributed by atoms with E-state index in [1.165, 1.54) is 12.5 Å². The maximum atomic E-state index is 12.3. The Balaban J connectivity index is 1.93. The van der Waals surface area contributed by atoms with Crippen LogP contribution in [0.1, 0.15) is 24.5 Å². The molecule has 2 rings (SSSR count). The average molecular weight is 342 g/mol. The largest absolute Gasteiger partial charge is 0.352 e. The highest BCUT2D eigenvalue weighted by atomic mass is 35.5. The number of nitrogens with one attached hydrogen (secondary N) is 1. The minimum atomic E-state index is -0.351. The van der Waals surface area contributed by atoms with Crippen molar-refractivity contribution in [2.45, 2.75) is 19.8 Å². The second-order valence-corrected chi connectivity index (χ2v) is 5.95. The van der Waals surface area contributed by atoms with E-state index in [0.717, 1.165) is 18.4 Å². The van der Waals surface area contributed by atoms with Crippen molar-refractivity contribution in [1.29, 1.82) is 0 Å². The number of hydrogen-bond donors (Lipinski definition) is 1. The van der Waals surface area contributed by atoms with Gasteiger partial charge < -0.3 is 5.32 Å². The number of carbonyl (C=O) groups is 2. The lowest BCUT2D eigenvalue weighted by atomic mass is 10.1. The Morgan fingerprint density at radius 1 is 1.08 bits per heavy atom. The number of hydrogen-bond acceptors (Lipinski definition) is 2. The van der Waals surface area contributed by atoms with Crippen molar-refractivity contribution in [2.24, 2.45) is 0 Å². The molecule has 0 fully saturated rings. The maximum absolute atomic E-state index is 12.3. The first-order valence-corrected chi connectivity index (χ1v) is 8.24. The molecule has 0 heterocycles. The SMILES string of the molecule is CC(=O)/C(=C/c1cccc(Cl)c1)C(=O)NCCCc1ccccc1. The summed E-state index contributed by atoms with van der Waals surface area (Å²) in [5.41, 5.74) is 2.09. The fourth-order valence-electron chi connectivity index (χ4n) is 2.32. The van der Waals surface area contributed by atoms with Gasteiger partial charge in [-0.2, -0.15) is 0 Å². The number of amides is 1. The standard InChI is InChI=1S/C20H20ClNO2/c1-15(23)19(14-17-9-5-11-18(21)13-17)20(24)22-12-6-10-16-7-3-2-4-8-16/h2-5,7-9,11,13-14H,6,10,12H2,1H3,(H,22,24)/b19-14-. The quantitative estimate of drug-likeness (QED) is 0.357. The van der Waals surface area contributed by atoms with Gasteiger partial charge in [0, 0.05) is 11.6 Å². The van der Waals surface area contributed by atoms with Crippen LogP contribution in [0.25, 0.3) is 6.08 Å². The highest BCUT2D eigenvalue weighted by molar-refractivity contribution is 6.30. The summed E-state index contributed by atoms with van der Waals surface area (Å²) in [7, 11) is 0.